The Morgan fingerprint density at radius 3 is 2.59 bits per heavy atom. The largest absolute Gasteiger partial charge is 0.401 e. The zero-order valence-electron chi connectivity index (χ0n) is 16.6. The summed E-state index contributed by atoms with van der Waals surface area (Å²) in [7, 11) is -3.61. The fourth-order valence-electron chi connectivity index (χ4n) is 3.01. The van der Waals surface area contributed by atoms with Gasteiger partial charge in [-0.15, -0.1) is 0 Å². The molecule has 2 rings (SSSR count). The molecule has 1 aliphatic rings. The first-order chi connectivity index (χ1) is 13.6. The van der Waals surface area contributed by atoms with E-state index < -0.39 is 22.7 Å². The Morgan fingerprint density at radius 2 is 1.97 bits per heavy atom. The fraction of sp³-hybridized carbons (Fsp3) is 0.611. The zero-order chi connectivity index (χ0) is 21.5. The van der Waals surface area contributed by atoms with Crippen LogP contribution in [0.1, 0.15) is 18.9 Å². The number of nitrogens with zero attached hydrogens (tertiary/aromatic N) is 2. The van der Waals surface area contributed by atoms with Gasteiger partial charge in [0.1, 0.15) is 0 Å². The summed E-state index contributed by atoms with van der Waals surface area (Å²) in [4.78, 5) is 5.86. The number of benzene rings is 1. The van der Waals surface area contributed by atoms with Gasteiger partial charge >= 0.3 is 6.18 Å². The number of sulfonamides is 1. The first kappa shape index (κ1) is 23.4. The Balaban J connectivity index is 1.84. The molecular formula is C18H28F3N5O2S. The molecule has 0 radical (unpaired) electrons. The van der Waals surface area contributed by atoms with E-state index in [1.54, 1.807) is 24.3 Å². The molecule has 11 heteroatoms. The van der Waals surface area contributed by atoms with Gasteiger partial charge in [0.05, 0.1) is 18.0 Å². The highest BCUT2D eigenvalue weighted by molar-refractivity contribution is 7.89. The first-order valence-electron chi connectivity index (χ1n) is 9.49. The summed E-state index contributed by atoms with van der Waals surface area (Å²) < 4.78 is 64.5. The molecule has 1 unspecified atom stereocenters. The van der Waals surface area contributed by atoms with Gasteiger partial charge in [0.2, 0.25) is 10.0 Å². The van der Waals surface area contributed by atoms with Crippen LogP contribution < -0.4 is 15.4 Å². The standard InChI is InChI=1S/C18H28F3N5O2S/c1-3-22-17(25-15-8-11-26(12-15)13-18(19,20)21)23-9-10-24-29(27,28)16-6-4-14(2)5-7-16/h4-7,15,24H,3,8-13H2,1-2H3,(H2,22,23,25). The molecule has 1 atom stereocenters. The summed E-state index contributed by atoms with van der Waals surface area (Å²) in [6.45, 7) is 4.37. The van der Waals surface area contributed by atoms with E-state index in [9.17, 15) is 21.6 Å². The van der Waals surface area contributed by atoms with Gasteiger partial charge in [0.25, 0.3) is 0 Å². The molecule has 0 saturated carbocycles. The molecule has 0 spiro atoms. The van der Waals surface area contributed by atoms with Crippen LogP contribution in [0.2, 0.25) is 0 Å². The van der Waals surface area contributed by atoms with Crippen molar-refractivity contribution in [2.45, 2.75) is 37.4 Å². The highest BCUT2D eigenvalue weighted by Gasteiger charge is 2.34. The molecule has 0 aromatic heterocycles. The van der Waals surface area contributed by atoms with Crippen LogP contribution in [0.15, 0.2) is 34.2 Å². The summed E-state index contributed by atoms with van der Waals surface area (Å²) in [6, 6.07) is 6.39. The number of alkyl halides is 3. The molecule has 1 aromatic rings. The normalized spacial score (nSPS) is 18.8. The van der Waals surface area contributed by atoms with E-state index >= 15 is 0 Å². The van der Waals surface area contributed by atoms with E-state index in [4.69, 9.17) is 0 Å². The topological polar surface area (TPSA) is 85.8 Å². The number of rotatable bonds is 8. The second-order valence-corrected chi connectivity index (χ2v) is 8.72. The number of likely N-dealkylation sites (tertiary alicyclic amines) is 1. The van der Waals surface area contributed by atoms with Crippen molar-refractivity contribution in [2.24, 2.45) is 4.99 Å². The smallest absolute Gasteiger partial charge is 0.357 e. The second-order valence-electron chi connectivity index (χ2n) is 6.95. The third kappa shape index (κ3) is 8.19. The van der Waals surface area contributed by atoms with E-state index in [1.807, 2.05) is 13.8 Å². The van der Waals surface area contributed by atoms with E-state index in [0.717, 1.165) is 5.56 Å². The van der Waals surface area contributed by atoms with Crippen molar-refractivity contribution in [3.05, 3.63) is 29.8 Å². The maximum absolute atomic E-state index is 12.5. The number of aryl methyl sites for hydroxylation is 1. The third-order valence-electron chi connectivity index (χ3n) is 4.37. The van der Waals surface area contributed by atoms with Crippen molar-refractivity contribution in [1.82, 2.24) is 20.3 Å². The first-order valence-corrected chi connectivity index (χ1v) is 11.0. The van der Waals surface area contributed by atoms with Crippen LogP contribution in [-0.2, 0) is 10.0 Å². The Labute approximate surface area is 169 Å². The van der Waals surface area contributed by atoms with Crippen LogP contribution in [0.25, 0.3) is 0 Å². The number of nitrogens with one attached hydrogen (secondary N) is 3. The molecule has 1 aliphatic heterocycles. The lowest BCUT2D eigenvalue weighted by Gasteiger charge is -2.19. The van der Waals surface area contributed by atoms with Crippen LogP contribution in [0.3, 0.4) is 0 Å². The SMILES string of the molecule is CCNC(=NCCNS(=O)(=O)c1ccc(C)cc1)NC1CCN(CC(F)(F)F)C1. The summed E-state index contributed by atoms with van der Waals surface area (Å²) in [5.41, 5.74) is 0.968. The maximum Gasteiger partial charge on any atom is 0.401 e. The molecular weight excluding hydrogens is 407 g/mol. The molecule has 3 N–H and O–H groups in total. The summed E-state index contributed by atoms with van der Waals surface area (Å²) in [5.74, 6) is 0.459. The molecule has 1 saturated heterocycles. The molecule has 1 fully saturated rings. The van der Waals surface area contributed by atoms with E-state index in [0.29, 0.717) is 25.5 Å². The number of guanidine groups is 1. The number of hydrogen-bond acceptors (Lipinski definition) is 4. The molecule has 29 heavy (non-hydrogen) atoms. The van der Waals surface area contributed by atoms with E-state index in [2.05, 4.69) is 20.3 Å². The van der Waals surface area contributed by atoms with Gasteiger partial charge < -0.3 is 10.6 Å². The molecule has 0 bridgehead atoms. The molecule has 7 nitrogen and oxygen atoms in total. The summed E-state index contributed by atoms with van der Waals surface area (Å²) in [6.07, 6.45) is -3.62. The molecule has 1 aromatic carbocycles. The monoisotopic (exact) mass is 435 g/mol. The van der Waals surface area contributed by atoms with Gasteiger partial charge in [0, 0.05) is 32.2 Å². The van der Waals surface area contributed by atoms with Crippen molar-refractivity contribution < 1.29 is 21.6 Å². The zero-order valence-corrected chi connectivity index (χ0v) is 17.4. The molecule has 164 valence electrons. The predicted octanol–water partition coefficient (Wildman–Crippen LogP) is 1.47. The quantitative estimate of drug-likeness (QED) is 0.327. The van der Waals surface area contributed by atoms with Gasteiger partial charge in [-0.05, 0) is 32.4 Å². The van der Waals surface area contributed by atoms with Gasteiger partial charge in [-0.25, -0.2) is 13.1 Å². The minimum atomic E-state index is -4.21. The average molecular weight is 436 g/mol. The number of halogens is 3. The van der Waals surface area contributed by atoms with Gasteiger partial charge in [-0.3, -0.25) is 9.89 Å². The van der Waals surface area contributed by atoms with Crippen LogP contribution >= 0.6 is 0 Å². The van der Waals surface area contributed by atoms with Crippen molar-refractivity contribution in [2.75, 3.05) is 39.3 Å². The van der Waals surface area contributed by atoms with E-state index in [-0.39, 0.29) is 30.6 Å². The van der Waals surface area contributed by atoms with Crippen LogP contribution in [0.4, 0.5) is 13.2 Å². The maximum atomic E-state index is 12.5. The Kier molecular flexibility index (Phi) is 8.29. The predicted molar refractivity (Wildman–Crippen MR) is 106 cm³/mol. The lowest BCUT2D eigenvalue weighted by atomic mass is 10.2. The minimum absolute atomic E-state index is 0.109. The lowest BCUT2D eigenvalue weighted by Crippen LogP contribution is -2.45. The van der Waals surface area contributed by atoms with Crippen molar-refractivity contribution in [1.29, 1.82) is 0 Å². The third-order valence-corrected chi connectivity index (χ3v) is 5.84. The van der Waals surface area contributed by atoms with Gasteiger partial charge in [-0.2, -0.15) is 13.2 Å². The molecule has 0 aliphatic carbocycles. The minimum Gasteiger partial charge on any atom is -0.357 e. The Bertz CT molecular complexity index is 782. The fourth-order valence-corrected chi connectivity index (χ4v) is 4.03. The van der Waals surface area contributed by atoms with Crippen LogP contribution in [0, 0.1) is 6.92 Å². The molecule has 1 heterocycles. The average Bonchev–Trinajstić information content (AvgIpc) is 3.04. The molecule has 0 amide bonds. The van der Waals surface area contributed by atoms with E-state index in [1.165, 1.54) is 4.90 Å². The van der Waals surface area contributed by atoms with Crippen molar-refractivity contribution in [3.63, 3.8) is 0 Å². The van der Waals surface area contributed by atoms with Crippen LogP contribution in [-0.4, -0.2) is 70.8 Å². The number of aliphatic imine (C=N–C) groups is 1. The van der Waals surface area contributed by atoms with Gasteiger partial charge in [0.15, 0.2) is 5.96 Å². The van der Waals surface area contributed by atoms with Crippen molar-refractivity contribution >= 4 is 16.0 Å². The lowest BCUT2D eigenvalue weighted by molar-refractivity contribution is -0.143. The number of hydrogen-bond donors (Lipinski definition) is 3. The summed E-state index contributed by atoms with van der Waals surface area (Å²) in [5, 5.41) is 6.15. The van der Waals surface area contributed by atoms with Crippen LogP contribution in [0.5, 0.6) is 0 Å². The highest BCUT2D eigenvalue weighted by Crippen LogP contribution is 2.19. The van der Waals surface area contributed by atoms with Gasteiger partial charge in [-0.1, -0.05) is 17.7 Å². The second kappa shape index (κ2) is 10.3. The Hall–Kier alpha value is -1.85. The van der Waals surface area contributed by atoms with Crippen molar-refractivity contribution in [3.8, 4) is 0 Å². The Morgan fingerprint density at radius 1 is 1.28 bits per heavy atom. The highest BCUT2D eigenvalue weighted by atomic mass is 32.2. The summed E-state index contributed by atoms with van der Waals surface area (Å²) >= 11 is 0.